The molecular weight excluding hydrogens is 356 g/mol. The summed E-state index contributed by atoms with van der Waals surface area (Å²) in [7, 11) is 1.72. The van der Waals surface area contributed by atoms with E-state index in [0.29, 0.717) is 26.1 Å². The second-order valence-electron chi connectivity index (χ2n) is 7.53. The predicted molar refractivity (Wildman–Crippen MR) is 105 cm³/mol. The Morgan fingerprint density at radius 3 is 2.68 bits per heavy atom. The van der Waals surface area contributed by atoms with Gasteiger partial charge in [-0.3, -0.25) is 4.98 Å². The predicted octanol–water partition coefficient (Wildman–Crippen LogP) is 2.93. The molecular formula is C21H24N4O3. The van der Waals surface area contributed by atoms with E-state index in [1.165, 1.54) is 5.56 Å². The molecule has 2 fully saturated rings. The van der Waals surface area contributed by atoms with E-state index in [0.717, 1.165) is 24.2 Å². The maximum atomic E-state index is 12.6. The standard InChI is InChI=1S/C21H24N4O3/c1-24-14-21(28-20(24)27)11-13-25(15-21)19(26)23-18-9-6-16(7-10-18)5-8-17-4-2-3-12-22-17/h2-4,6-7,9-10,12H,5,8,11,13-15H2,1H3,(H,23,26)/t21-/m1/s1. The van der Waals surface area contributed by atoms with Crippen molar-refractivity contribution >= 4 is 17.8 Å². The van der Waals surface area contributed by atoms with E-state index in [9.17, 15) is 9.59 Å². The van der Waals surface area contributed by atoms with Gasteiger partial charge in [-0.1, -0.05) is 18.2 Å². The molecule has 1 N–H and O–H groups in total. The molecule has 1 spiro atoms. The molecule has 1 atom stereocenters. The van der Waals surface area contributed by atoms with Crippen LogP contribution in [0.4, 0.5) is 15.3 Å². The van der Waals surface area contributed by atoms with Gasteiger partial charge in [0.15, 0.2) is 5.60 Å². The number of likely N-dealkylation sites (N-methyl/N-ethyl adjacent to an activating group) is 1. The van der Waals surface area contributed by atoms with E-state index >= 15 is 0 Å². The first-order chi connectivity index (χ1) is 13.5. The van der Waals surface area contributed by atoms with Crippen molar-refractivity contribution in [2.24, 2.45) is 0 Å². The summed E-state index contributed by atoms with van der Waals surface area (Å²) < 4.78 is 5.49. The zero-order valence-corrected chi connectivity index (χ0v) is 15.9. The number of carbonyl (C=O) groups excluding carboxylic acids is 2. The van der Waals surface area contributed by atoms with Crippen LogP contribution >= 0.6 is 0 Å². The number of pyridine rings is 1. The third-order valence-electron chi connectivity index (χ3n) is 5.35. The normalized spacial score (nSPS) is 21.2. The highest BCUT2D eigenvalue weighted by molar-refractivity contribution is 5.89. The Kier molecular flexibility index (Phi) is 4.90. The molecule has 2 aliphatic rings. The first kappa shape index (κ1) is 18.3. The van der Waals surface area contributed by atoms with E-state index in [2.05, 4.69) is 10.3 Å². The van der Waals surface area contributed by atoms with Crippen LogP contribution in [0.1, 0.15) is 17.7 Å². The highest BCUT2D eigenvalue weighted by atomic mass is 16.6. The van der Waals surface area contributed by atoms with Crippen molar-refractivity contribution < 1.29 is 14.3 Å². The number of hydrogen-bond donors (Lipinski definition) is 1. The van der Waals surface area contributed by atoms with E-state index in [1.54, 1.807) is 23.0 Å². The summed E-state index contributed by atoms with van der Waals surface area (Å²) in [6, 6.07) is 13.7. The molecule has 0 bridgehead atoms. The second-order valence-corrected chi connectivity index (χ2v) is 7.53. The summed E-state index contributed by atoms with van der Waals surface area (Å²) >= 11 is 0. The number of rotatable bonds is 4. The molecule has 2 aromatic rings. The topological polar surface area (TPSA) is 74.8 Å². The molecule has 7 heteroatoms. The van der Waals surface area contributed by atoms with E-state index in [-0.39, 0.29) is 12.1 Å². The largest absolute Gasteiger partial charge is 0.439 e. The van der Waals surface area contributed by atoms with Gasteiger partial charge in [0.25, 0.3) is 0 Å². The van der Waals surface area contributed by atoms with E-state index < -0.39 is 5.60 Å². The Balaban J connectivity index is 1.30. The van der Waals surface area contributed by atoms with Crippen molar-refractivity contribution in [2.45, 2.75) is 24.9 Å². The number of carbonyl (C=O) groups is 2. The van der Waals surface area contributed by atoms with Gasteiger partial charge in [-0.25, -0.2) is 9.59 Å². The minimum atomic E-state index is -0.557. The van der Waals surface area contributed by atoms with Crippen LogP contribution in [0.3, 0.4) is 0 Å². The number of benzene rings is 1. The lowest BCUT2D eigenvalue weighted by atomic mass is 10.0. The third kappa shape index (κ3) is 3.93. The average molecular weight is 380 g/mol. The minimum absolute atomic E-state index is 0.163. The smallest absolute Gasteiger partial charge is 0.410 e. The molecule has 28 heavy (non-hydrogen) atoms. The molecule has 0 saturated carbocycles. The second kappa shape index (κ2) is 7.50. The van der Waals surface area contributed by atoms with Gasteiger partial charge < -0.3 is 19.9 Å². The van der Waals surface area contributed by atoms with Crippen LogP contribution in [0.5, 0.6) is 0 Å². The zero-order chi connectivity index (χ0) is 19.6. The number of amides is 3. The van der Waals surface area contributed by atoms with Gasteiger partial charge >= 0.3 is 12.1 Å². The number of anilines is 1. The van der Waals surface area contributed by atoms with E-state index in [1.807, 2.05) is 42.5 Å². The van der Waals surface area contributed by atoms with Crippen molar-refractivity contribution in [3.05, 3.63) is 59.9 Å². The van der Waals surface area contributed by atoms with Crippen LogP contribution in [-0.4, -0.2) is 59.2 Å². The fraction of sp³-hybridized carbons (Fsp3) is 0.381. The molecule has 0 radical (unpaired) electrons. The first-order valence-electron chi connectivity index (χ1n) is 9.52. The van der Waals surface area contributed by atoms with Crippen molar-refractivity contribution in [1.29, 1.82) is 0 Å². The number of aryl methyl sites for hydroxylation is 2. The molecule has 3 amide bonds. The highest BCUT2D eigenvalue weighted by Gasteiger charge is 2.49. The maximum absolute atomic E-state index is 12.6. The summed E-state index contributed by atoms with van der Waals surface area (Å²) in [6.07, 6.45) is 3.95. The first-order valence-corrected chi connectivity index (χ1v) is 9.52. The number of ether oxygens (including phenoxy) is 1. The Labute approximate surface area is 164 Å². The SMILES string of the molecule is CN1C[C@@]2(CCN(C(=O)Nc3ccc(CCc4ccccn4)cc3)C2)OC1=O. The monoisotopic (exact) mass is 380 g/mol. The minimum Gasteiger partial charge on any atom is -0.439 e. The number of aromatic nitrogens is 1. The molecule has 0 aliphatic carbocycles. The number of hydrogen-bond acceptors (Lipinski definition) is 4. The van der Waals surface area contributed by atoms with Crippen molar-refractivity contribution in [1.82, 2.24) is 14.8 Å². The van der Waals surface area contributed by atoms with E-state index in [4.69, 9.17) is 4.74 Å². The quantitative estimate of drug-likeness (QED) is 0.885. The number of nitrogens with one attached hydrogen (secondary N) is 1. The van der Waals surface area contributed by atoms with Gasteiger partial charge in [-0.2, -0.15) is 0 Å². The lowest BCUT2D eigenvalue weighted by Gasteiger charge is -2.22. The lowest BCUT2D eigenvalue weighted by molar-refractivity contribution is 0.0663. The number of urea groups is 1. The molecule has 1 aromatic heterocycles. The molecule has 2 saturated heterocycles. The van der Waals surface area contributed by atoms with Gasteiger partial charge in [0, 0.05) is 37.6 Å². The molecule has 4 rings (SSSR count). The van der Waals surface area contributed by atoms with Gasteiger partial charge in [-0.05, 0) is 42.7 Å². The molecule has 2 aliphatic heterocycles. The Morgan fingerprint density at radius 1 is 1.18 bits per heavy atom. The molecule has 146 valence electrons. The molecule has 1 aromatic carbocycles. The summed E-state index contributed by atoms with van der Waals surface area (Å²) in [5, 5.41) is 2.93. The Bertz CT molecular complexity index is 856. The summed E-state index contributed by atoms with van der Waals surface area (Å²) in [6.45, 7) is 1.53. The molecule has 7 nitrogen and oxygen atoms in total. The van der Waals surface area contributed by atoms with Gasteiger partial charge in [0.05, 0.1) is 13.1 Å². The van der Waals surface area contributed by atoms with Crippen LogP contribution in [-0.2, 0) is 17.6 Å². The third-order valence-corrected chi connectivity index (χ3v) is 5.35. The average Bonchev–Trinajstić information content (AvgIpc) is 3.24. The molecule has 0 unspecified atom stereocenters. The van der Waals surface area contributed by atoms with Crippen LogP contribution in [0.25, 0.3) is 0 Å². The fourth-order valence-corrected chi connectivity index (χ4v) is 3.80. The molecule has 3 heterocycles. The number of likely N-dealkylation sites (tertiary alicyclic amines) is 1. The zero-order valence-electron chi connectivity index (χ0n) is 15.9. The highest BCUT2D eigenvalue weighted by Crippen LogP contribution is 2.32. The van der Waals surface area contributed by atoms with Gasteiger partial charge in [-0.15, -0.1) is 0 Å². The van der Waals surface area contributed by atoms with Crippen molar-refractivity contribution in [3.8, 4) is 0 Å². The summed E-state index contributed by atoms with van der Waals surface area (Å²) in [5.41, 5.74) is 2.47. The van der Waals surface area contributed by atoms with Crippen molar-refractivity contribution in [2.75, 3.05) is 32.0 Å². The van der Waals surface area contributed by atoms with Crippen molar-refractivity contribution in [3.63, 3.8) is 0 Å². The summed E-state index contributed by atoms with van der Waals surface area (Å²) in [5.74, 6) is 0. The Hall–Kier alpha value is -3.09. The Morgan fingerprint density at radius 2 is 2.00 bits per heavy atom. The number of nitrogens with zero attached hydrogens (tertiary/aromatic N) is 3. The van der Waals surface area contributed by atoms with Crippen LogP contribution < -0.4 is 5.32 Å². The van der Waals surface area contributed by atoms with Crippen LogP contribution in [0.15, 0.2) is 48.7 Å². The van der Waals surface area contributed by atoms with Gasteiger partial charge in [0.1, 0.15) is 0 Å². The fourth-order valence-electron chi connectivity index (χ4n) is 3.80. The maximum Gasteiger partial charge on any atom is 0.410 e. The van der Waals surface area contributed by atoms with Crippen LogP contribution in [0.2, 0.25) is 0 Å². The summed E-state index contributed by atoms with van der Waals surface area (Å²) in [4.78, 5) is 31.8. The van der Waals surface area contributed by atoms with Crippen LogP contribution in [0, 0.1) is 0 Å². The van der Waals surface area contributed by atoms with Gasteiger partial charge in [0.2, 0.25) is 0 Å². The lowest BCUT2D eigenvalue weighted by Crippen LogP contribution is -2.40.